The third-order valence-electron chi connectivity index (χ3n) is 2.29. The van der Waals surface area contributed by atoms with Crippen LogP contribution in [0, 0.1) is 11.6 Å². The van der Waals surface area contributed by atoms with Crippen LogP contribution in [-0.4, -0.2) is 25.7 Å². The van der Waals surface area contributed by atoms with Crippen LogP contribution in [0.1, 0.15) is 18.4 Å². The zero-order valence-corrected chi connectivity index (χ0v) is 9.88. The Labute approximate surface area is 96.8 Å². The van der Waals surface area contributed by atoms with Crippen molar-refractivity contribution < 1.29 is 27.1 Å². The summed E-state index contributed by atoms with van der Waals surface area (Å²) >= 11 is 0. The number of aliphatic carboxylic acids is 1. The van der Waals surface area contributed by atoms with Crippen LogP contribution in [0.15, 0.2) is 17.0 Å². The maximum atomic E-state index is 13.5. The van der Waals surface area contributed by atoms with Crippen LogP contribution in [0.5, 0.6) is 0 Å². The van der Waals surface area contributed by atoms with E-state index in [0.717, 1.165) is 6.26 Å². The van der Waals surface area contributed by atoms with Gasteiger partial charge >= 0.3 is 5.97 Å². The first-order chi connectivity index (χ1) is 7.64. The zero-order valence-electron chi connectivity index (χ0n) is 9.07. The second kappa shape index (κ2) is 4.40. The maximum Gasteiger partial charge on any atom is 0.310 e. The molecular weight excluding hydrogens is 254 g/mol. The van der Waals surface area contributed by atoms with Gasteiger partial charge in [0.05, 0.1) is 5.92 Å². The van der Waals surface area contributed by atoms with Crippen molar-refractivity contribution in [2.24, 2.45) is 0 Å². The first-order valence-electron chi connectivity index (χ1n) is 4.56. The normalized spacial score (nSPS) is 13.4. The van der Waals surface area contributed by atoms with E-state index in [1.165, 1.54) is 6.92 Å². The molecule has 0 spiro atoms. The molecule has 0 amide bonds. The number of halogens is 2. The van der Waals surface area contributed by atoms with Gasteiger partial charge in [0.2, 0.25) is 0 Å². The summed E-state index contributed by atoms with van der Waals surface area (Å²) in [5.74, 6) is -4.78. The Morgan fingerprint density at radius 3 is 2.24 bits per heavy atom. The molecule has 0 fully saturated rings. The number of carboxylic acid groups (broad SMARTS) is 1. The highest BCUT2D eigenvalue weighted by Crippen LogP contribution is 2.25. The zero-order chi connectivity index (χ0) is 13.4. The predicted octanol–water partition coefficient (Wildman–Crippen LogP) is 1.56. The molecule has 0 saturated heterocycles. The summed E-state index contributed by atoms with van der Waals surface area (Å²) in [7, 11) is -3.88. The van der Waals surface area contributed by atoms with Gasteiger partial charge < -0.3 is 5.11 Å². The number of benzene rings is 1. The van der Waals surface area contributed by atoms with Gasteiger partial charge in [-0.1, -0.05) is 0 Å². The Morgan fingerprint density at radius 2 is 1.82 bits per heavy atom. The van der Waals surface area contributed by atoms with Crippen LogP contribution < -0.4 is 0 Å². The van der Waals surface area contributed by atoms with E-state index in [1.54, 1.807) is 0 Å². The van der Waals surface area contributed by atoms with Gasteiger partial charge in [-0.15, -0.1) is 0 Å². The third-order valence-corrected chi connectivity index (χ3v) is 3.40. The number of sulfone groups is 1. The predicted molar refractivity (Wildman–Crippen MR) is 55.5 cm³/mol. The maximum absolute atomic E-state index is 13.5. The van der Waals surface area contributed by atoms with Gasteiger partial charge in [0, 0.05) is 11.8 Å². The summed E-state index contributed by atoms with van der Waals surface area (Å²) < 4.78 is 49.1. The Hall–Kier alpha value is -1.50. The fourth-order valence-corrected chi connectivity index (χ4v) is 2.02. The second-order valence-corrected chi connectivity index (χ2v) is 5.62. The standard InChI is InChI=1S/C10H10F2O4S/c1-5(10(13)14)6-3-8(12)9(4-7(6)11)17(2,15)16/h3-5H,1-2H3,(H,13,14). The van der Waals surface area contributed by atoms with E-state index in [4.69, 9.17) is 5.11 Å². The van der Waals surface area contributed by atoms with Gasteiger partial charge in [-0.3, -0.25) is 4.79 Å². The summed E-state index contributed by atoms with van der Waals surface area (Å²) in [5.41, 5.74) is -0.387. The Morgan fingerprint density at radius 1 is 1.29 bits per heavy atom. The van der Waals surface area contributed by atoms with E-state index in [2.05, 4.69) is 0 Å². The summed E-state index contributed by atoms with van der Waals surface area (Å²) in [6.07, 6.45) is 0.741. The fraction of sp³-hybridized carbons (Fsp3) is 0.300. The Bertz CT molecular complexity index is 566. The van der Waals surface area contributed by atoms with Gasteiger partial charge in [-0.05, 0) is 19.1 Å². The van der Waals surface area contributed by atoms with Crippen molar-refractivity contribution in [1.82, 2.24) is 0 Å². The number of hydrogen-bond acceptors (Lipinski definition) is 3. The molecule has 0 heterocycles. The molecule has 1 rings (SSSR count). The number of hydrogen-bond donors (Lipinski definition) is 1. The summed E-state index contributed by atoms with van der Waals surface area (Å²) in [4.78, 5) is 9.86. The lowest BCUT2D eigenvalue weighted by atomic mass is 10.0. The minimum Gasteiger partial charge on any atom is -0.481 e. The average Bonchev–Trinajstić information content (AvgIpc) is 2.18. The largest absolute Gasteiger partial charge is 0.481 e. The smallest absolute Gasteiger partial charge is 0.310 e. The van der Waals surface area contributed by atoms with Crippen molar-refractivity contribution in [1.29, 1.82) is 0 Å². The van der Waals surface area contributed by atoms with Crippen LogP contribution in [0.25, 0.3) is 0 Å². The van der Waals surface area contributed by atoms with E-state index in [0.29, 0.717) is 12.1 Å². The number of carboxylic acids is 1. The quantitative estimate of drug-likeness (QED) is 0.899. The highest BCUT2D eigenvalue weighted by molar-refractivity contribution is 7.90. The Kier molecular flexibility index (Phi) is 3.51. The summed E-state index contributed by atoms with van der Waals surface area (Å²) in [6, 6.07) is 1.10. The second-order valence-electron chi connectivity index (χ2n) is 3.64. The molecule has 0 saturated carbocycles. The molecule has 1 aromatic carbocycles. The summed E-state index contributed by atoms with van der Waals surface area (Å²) in [5, 5.41) is 8.67. The first-order valence-corrected chi connectivity index (χ1v) is 6.45. The van der Waals surface area contributed by atoms with E-state index in [-0.39, 0.29) is 5.56 Å². The topological polar surface area (TPSA) is 71.4 Å². The molecule has 4 nitrogen and oxygen atoms in total. The third kappa shape index (κ3) is 2.79. The van der Waals surface area contributed by atoms with Crippen molar-refractivity contribution in [3.63, 3.8) is 0 Å². The lowest BCUT2D eigenvalue weighted by Crippen LogP contribution is -2.11. The van der Waals surface area contributed by atoms with Gasteiger partial charge in [0.1, 0.15) is 16.5 Å². The number of carbonyl (C=O) groups is 1. The lowest BCUT2D eigenvalue weighted by Gasteiger charge is -2.10. The molecule has 7 heteroatoms. The van der Waals surface area contributed by atoms with Crippen LogP contribution >= 0.6 is 0 Å². The Balaban J connectivity index is 3.43. The first kappa shape index (κ1) is 13.6. The highest BCUT2D eigenvalue weighted by atomic mass is 32.2. The summed E-state index contributed by atoms with van der Waals surface area (Å²) in [6.45, 7) is 1.18. The van der Waals surface area contributed by atoms with Crippen LogP contribution in [0.3, 0.4) is 0 Å². The molecule has 0 radical (unpaired) electrons. The number of rotatable bonds is 3. The van der Waals surface area contributed by atoms with Gasteiger partial charge in [0.25, 0.3) is 0 Å². The molecule has 1 atom stereocenters. The molecule has 0 aliphatic rings. The minimum atomic E-state index is -3.88. The van der Waals surface area contributed by atoms with Gasteiger partial charge in [-0.25, -0.2) is 17.2 Å². The highest BCUT2D eigenvalue weighted by Gasteiger charge is 2.23. The van der Waals surface area contributed by atoms with Crippen molar-refractivity contribution >= 4 is 15.8 Å². The van der Waals surface area contributed by atoms with Crippen molar-refractivity contribution in [2.45, 2.75) is 17.7 Å². The molecule has 1 aromatic rings. The van der Waals surface area contributed by atoms with Crippen LogP contribution in [0.2, 0.25) is 0 Å². The molecular formula is C10H10F2O4S. The SMILES string of the molecule is CC(C(=O)O)c1cc(F)c(S(C)(=O)=O)cc1F. The lowest BCUT2D eigenvalue weighted by molar-refractivity contribution is -0.138. The van der Waals surface area contributed by atoms with Crippen LogP contribution in [0.4, 0.5) is 8.78 Å². The van der Waals surface area contributed by atoms with Gasteiger partial charge in [-0.2, -0.15) is 0 Å². The van der Waals surface area contributed by atoms with Crippen molar-refractivity contribution in [2.75, 3.05) is 6.26 Å². The molecule has 1 unspecified atom stereocenters. The van der Waals surface area contributed by atoms with E-state index in [9.17, 15) is 22.0 Å². The molecule has 94 valence electrons. The fourth-order valence-electron chi connectivity index (χ4n) is 1.29. The van der Waals surface area contributed by atoms with E-state index in [1.807, 2.05) is 0 Å². The van der Waals surface area contributed by atoms with Crippen LogP contribution in [-0.2, 0) is 14.6 Å². The molecule has 1 N–H and O–H groups in total. The molecule has 17 heavy (non-hydrogen) atoms. The van der Waals surface area contributed by atoms with Gasteiger partial charge in [0.15, 0.2) is 9.84 Å². The molecule has 0 bridgehead atoms. The van der Waals surface area contributed by atoms with E-state index >= 15 is 0 Å². The molecule has 0 aromatic heterocycles. The average molecular weight is 264 g/mol. The van der Waals surface area contributed by atoms with Crippen molar-refractivity contribution in [3.8, 4) is 0 Å². The molecule has 0 aliphatic heterocycles. The molecule has 0 aliphatic carbocycles. The minimum absolute atomic E-state index is 0.387. The van der Waals surface area contributed by atoms with Crippen molar-refractivity contribution in [3.05, 3.63) is 29.3 Å². The van der Waals surface area contributed by atoms with E-state index < -0.39 is 38.3 Å². The monoisotopic (exact) mass is 264 g/mol.